The second-order valence-electron chi connectivity index (χ2n) is 8.67. The first-order valence-electron chi connectivity index (χ1n) is 11.1. The van der Waals surface area contributed by atoms with Gasteiger partial charge < -0.3 is 14.3 Å². The second-order valence-corrected chi connectivity index (χ2v) is 8.67. The predicted octanol–water partition coefficient (Wildman–Crippen LogP) is 4.84. The molecule has 1 aromatic heterocycles. The number of nitrogens with zero attached hydrogens (tertiary/aromatic N) is 2. The van der Waals surface area contributed by atoms with Gasteiger partial charge in [0.25, 0.3) is 0 Å². The van der Waals surface area contributed by atoms with Crippen molar-refractivity contribution in [3.05, 3.63) is 82.7 Å². The number of H-pyrrole nitrogens is 1. The summed E-state index contributed by atoms with van der Waals surface area (Å²) < 4.78 is 11.2. The molecule has 6 heteroatoms. The lowest BCUT2D eigenvalue weighted by Gasteiger charge is -2.34. The highest BCUT2D eigenvalue weighted by atomic mass is 16.7. The Balaban J connectivity index is 1.46. The van der Waals surface area contributed by atoms with Crippen LogP contribution in [-0.4, -0.2) is 29.8 Å². The number of hydrogen-bond donors (Lipinski definition) is 1. The zero-order valence-electron chi connectivity index (χ0n) is 18.0. The van der Waals surface area contributed by atoms with Gasteiger partial charge >= 0.3 is 0 Å². The van der Waals surface area contributed by atoms with Crippen molar-refractivity contribution < 1.29 is 14.3 Å². The summed E-state index contributed by atoms with van der Waals surface area (Å²) in [7, 11) is 1.60. The van der Waals surface area contributed by atoms with Crippen LogP contribution in [0.1, 0.15) is 47.3 Å². The fourth-order valence-corrected chi connectivity index (χ4v) is 5.02. The lowest BCUT2D eigenvalue weighted by Crippen LogP contribution is -2.31. The minimum absolute atomic E-state index is 0.268. The first kappa shape index (κ1) is 19.2. The predicted molar refractivity (Wildman–Crippen MR) is 122 cm³/mol. The number of fused-ring (bicyclic) bond motifs is 2. The molecule has 0 saturated heterocycles. The molecule has 1 unspecified atom stereocenters. The van der Waals surface area contributed by atoms with E-state index in [9.17, 15) is 0 Å². The quantitative estimate of drug-likeness (QED) is 0.467. The minimum Gasteiger partial charge on any atom is -0.454 e. The zero-order chi connectivity index (χ0) is 21.5. The van der Waals surface area contributed by atoms with Crippen molar-refractivity contribution in [1.82, 2.24) is 10.2 Å². The SMILES string of the molecule is CON=C(c1n[nH]c2c1C=CC(c1ccccc1)(c1ccc3c(c1)OCO3)C2)C1CCC1. The lowest BCUT2D eigenvalue weighted by atomic mass is 9.68. The number of oxime groups is 1. The van der Waals surface area contributed by atoms with Gasteiger partial charge in [0.15, 0.2) is 11.5 Å². The van der Waals surface area contributed by atoms with Crippen LogP contribution in [-0.2, 0) is 16.7 Å². The molecule has 2 heterocycles. The molecule has 3 aliphatic rings. The van der Waals surface area contributed by atoms with Crippen molar-refractivity contribution in [3.8, 4) is 11.5 Å². The molecule has 1 saturated carbocycles. The fraction of sp³-hybridized carbons (Fsp3) is 0.308. The Kier molecular flexibility index (Phi) is 4.52. The second kappa shape index (κ2) is 7.55. The van der Waals surface area contributed by atoms with Gasteiger partial charge in [0.2, 0.25) is 6.79 Å². The molecule has 1 aliphatic heterocycles. The van der Waals surface area contributed by atoms with Gasteiger partial charge in [-0.05, 0) is 36.1 Å². The third-order valence-electron chi connectivity index (χ3n) is 6.97. The van der Waals surface area contributed by atoms with E-state index in [-0.39, 0.29) is 12.2 Å². The molecule has 1 atom stereocenters. The van der Waals surface area contributed by atoms with Crippen molar-refractivity contribution >= 4 is 11.8 Å². The van der Waals surface area contributed by atoms with Crippen LogP contribution in [0.25, 0.3) is 6.08 Å². The van der Waals surface area contributed by atoms with E-state index in [0.717, 1.165) is 59.0 Å². The molecule has 3 aromatic rings. The molecular formula is C26H25N3O3. The van der Waals surface area contributed by atoms with Crippen LogP contribution in [0.4, 0.5) is 0 Å². The van der Waals surface area contributed by atoms with Crippen LogP contribution in [0.15, 0.2) is 59.8 Å². The molecule has 6 rings (SSSR count). The molecule has 1 N–H and O–H groups in total. The number of nitrogens with one attached hydrogen (secondary N) is 1. The maximum Gasteiger partial charge on any atom is 0.231 e. The summed E-state index contributed by atoms with van der Waals surface area (Å²) in [6.07, 6.45) is 8.76. The van der Waals surface area contributed by atoms with Crippen LogP contribution in [0, 0.1) is 5.92 Å². The Morgan fingerprint density at radius 2 is 1.94 bits per heavy atom. The first-order valence-corrected chi connectivity index (χ1v) is 11.1. The summed E-state index contributed by atoms with van der Waals surface area (Å²) in [5.41, 5.74) is 6.13. The minimum atomic E-state index is -0.339. The van der Waals surface area contributed by atoms with Crippen LogP contribution in [0.5, 0.6) is 11.5 Å². The molecule has 0 bridgehead atoms. The van der Waals surface area contributed by atoms with Gasteiger partial charge in [-0.1, -0.05) is 60.1 Å². The third kappa shape index (κ3) is 2.93. The largest absolute Gasteiger partial charge is 0.454 e. The van der Waals surface area contributed by atoms with Crippen LogP contribution in [0.2, 0.25) is 0 Å². The Bertz CT molecular complexity index is 1210. The Morgan fingerprint density at radius 1 is 1.09 bits per heavy atom. The molecule has 0 spiro atoms. The maximum atomic E-state index is 5.69. The first-order chi connectivity index (χ1) is 15.8. The van der Waals surface area contributed by atoms with Crippen molar-refractivity contribution in [1.29, 1.82) is 0 Å². The average molecular weight is 428 g/mol. The summed E-state index contributed by atoms with van der Waals surface area (Å²) in [5.74, 6) is 2.01. The van der Waals surface area contributed by atoms with Crippen LogP contribution < -0.4 is 9.47 Å². The Hall–Kier alpha value is -3.54. The molecule has 162 valence electrons. The number of allylic oxidation sites excluding steroid dienone is 1. The van der Waals surface area contributed by atoms with E-state index in [0.29, 0.717) is 5.92 Å². The topological polar surface area (TPSA) is 68.7 Å². The molecule has 2 aromatic carbocycles. The van der Waals surface area contributed by atoms with E-state index in [2.05, 4.69) is 64.9 Å². The van der Waals surface area contributed by atoms with Crippen LogP contribution in [0.3, 0.4) is 0 Å². The normalized spacial score (nSPS) is 21.8. The summed E-state index contributed by atoms with van der Waals surface area (Å²) in [6.45, 7) is 0.268. The summed E-state index contributed by atoms with van der Waals surface area (Å²) >= 11 is 0. The number of rotatable bonds is 5. The average Bonchev–Trinajstić information content (AvgIpc) is 3.44. The van der Waals surface area contributed by atoms with Gasteiger partial charge in [-0.3, -0.25) is 5.10 Å². The number of hydrogen-bond acceptors (Lipinski definition) is 5. The van der Waals surface area contributed by atoms with E-state index in [4.69, 9.17) is 19.4 Å². The van der Waals surface area contributed by atoms with Gasteiger partial charge in [0, 0.05) is 29.0 Å². The maximum absolute atomic E-state index is 5.69. The van der Waals surface area contributed by atoms with Gasteiger partial charge in [0.1, 0.15) is 18.5 Å². The molecule has 2 aliphatic carbocycles. The van der Waals surface area contributed by atoms with Crippen molar-refractivity contribution in [2.45, 2.75) is 31.1 Å². The van der Waals surface area contributed by atoms with E-state index in [1.807, 2.05) is 6.07 Å². The monoisotopic (exact) mass is 427 g/mol. The van der Waals surface area contributed by atoms with Crippen LogP contribution >= 0.6 is 0 Å². The van der Waals surface area contributed by atoms with Gasteiger partial charge in [-0.25, -0.2) is 0 Å². The van der Waals surface area contributed by atoms with E-state index >= 15 is 0 Å². The highest BCUT2D eigenvalue weighted by Gasteiger charge is 2.39. The number of benzene rings is 2. The van der Waals surface area contributed by atoms with E-state index in [1.54, 1.807) is 7.11 Å². The molecule has 0 radical (unpaired) electrons. The number of aromatic amines is 1. The van der Waals surface area contributed by atoms with Crippen molar-refractivity contribution in [2.75, 3.05) is 13.9 Å². The highest BCUT2D eigenvalue weighted by Crippen LogP contribution is 2.45. The molecule has 6 nitrogen and oxygen atoms in total. The van der Waals surface area contributed by atoms with Gasteiger partial charge in [0.05, 0.1) is 0 Å². The fourth-order valence-electron chi connectivity index (χ4n) is 5.02. The molecule has 0 amide bonds. The molecule has 1 fully saturated rings. The van der Waals surface area contributed by atoms with E-state index < -0.39 is 0 Å². The lowest BCUT2D eigenvalue weighted by molar-refractivity contribution is 0.174. The molecular weight excluding hydrogens is 402 g/mol. The molecule has 32 heavy (non-hydrogen) atoms. The highest BCUT2D eigenvalue weighted by molar-refractivity contribution is 6.04. The Labute approximate surface area is 186 Å². The number of ether oxygens (including phenoxy) is 2. The smallest absolute Gasteiger partial charge is 0.231 e. The summed E-state index contributed by atoms with van der Waals surface area (Å²) in [5, 5.41) is 12.4. The van der Waals surface area contributed by atoms with E-state index in [1.165, 1.54) is 12.0 Å². The van der Waals surface area contributed by atoms with Gasteiger partial charge in [-0.15, -0.1) is 0 Å². The summed E-state index contributed by atoms with van der Waals surface area (Å²) in [6, 6.07) is 16.8. The zero-order valence-corrected chi connectivity index (χ0v) is 18.0. The third-order valence-corrected chi connectivity index (χ3v) is 6.97. The van der Waals surface area contributed by atoms with Crippen molar-refractivity contribution in [2.24, 2.45) is 11.1 Å². The number of aromatic nitrogens is 2. The standard InChI is InChI=1S/C26H25N3O3/c1-30-29-24(17-6-5-7-17)25-20-12-13-26(15-21(20)27-28-25,18-8-3-2-4-9-18)19-10-11-22-23(14-19)32-16-31-22/h2-4,8-14,17H,5-7,15-16H2,1H3,(H,27,28). The van der Waals surface area contributed by atoms with Gasteiger partial charge in [-0.2, -0.15) is 5.10 Å². The summed E-state index contributed by atoms with van der Waals surface area (Å²) in [4.78, 5) is 5.18. The van der Waals surface area contributed by atoms with Crippen molar-refractivity contribution in [3.63, 3.8) is 0 Å². The Morgan fingerprint density at radius 3 is 2.72 bits per heavy atom.